The summed E-state index contributed by atoms with van der Waals surface area (Å²) in [5, 5.41) is 10.5. The molecule has 0 spiro atoms. The summed E-state index contributed by atoms with van der Waals surface area (Å²) in [7, 11) is 0. The molecule has 2 aromatic carbocycles. The number of nitro groups is 1. The van der Waals surface area contributed by atoms with E-state index in [1.165, 1.54) is 12.1 Å². The van der Waals surface area contributed by atoms with E-state index in [0.29, 0.717) is 12.4 Å². The maximum Gasteiger partial charge on any atom is 0.281 e. The summed E-state index contributed by atoms with van der Waals surface area (Å²) in [5.41, 5.74) is 0.929. The molecular weight excluding hydrogens is 218 g/mol. The second kappa shape index (κ2) is 5.12. The predicted molar refractivity (Wildman–Crippen MR) is 62.7 cm³/mol. The van der Waals surface area contributed by atoms with Crippen LogP contribution in [-0.4, -0.2) is 4.92 Å². The Hall–Kier alpha value is -2.36. The molecule has 4 nitrogen and oxygen atoms in total. The van der Waals surface area contributed by atoms with Crippen molar-refractivity contribution >= 4 is 5.69 Å². The summed E-state index contributed by atoms with van der Waals surface area (Å²) in [6.07, 6.45) is 0. The summed E-state index contributed by atoms with van der Waals surface area (Å²) in [6, 6.07) is 16.6. The summed E-state index contributed by atoms with van der Waals surface area (Å²) in [5.74, 6) is 0.472. The van der Waals surface area contributed by atoms with Crippen molar-refractivity contribution in [2.75, 3.05) is 0 Å². The van der Waals surface area contributed by atoms with Crippen molar-refractivity contribution in [3.05, 3.63) is 70.3 Å². The minimum atomic E-state index is -0.491. The molecule has 0 bridgehead atoms. The smallest absolute Gasteiger partial charge is 0.281 e. The Morgan fingerprint density at radius 1 is 1.24 bits per heavy atom. The summed E-state index contributed by atoms with van der Waals surface area (Å²) >= 11 is 0. The van der Waals surface area contributed by atoms with E-state index >= 15 is 0 Å². The molecule has 2 aromatic rings. The molecule has 0 atom stereocenters. The van der Waals surface area contributed by atoms with Crippen LogP contribution in [-0.2, 0) is 6.61 Å². The Bertz CT molecular complexity index is 511. The molecule has 0 saturated heterocycles. The van der Waals surface area contributed by atoms with Crippen LogP contribution < -0.4 is 4.74 Å². The van der Waals surface area contributed by atoms with Gasteiger partial charge in [0.2, 0.25) is 0 Å². The fourth-order valence-electron chi connectivity index (χ4n) is 1.37. The number of ether oxygens (including phenoxy) is 1. The molecule has 0 saturated carbocycles. The quantitative estimate of drug-likeness (QED) is 0.597. The van der Waals surface area contributed by atoms with E-state index in [0.717, 1.165) is 5.56 Å². The van der Waals surface area contributed by atoms with Gasteiger partial charge in [-0.05, 0) is 17.7 Å². The lowest BCUT2D eigenvalue weighted by atomic mass is 10.2. The summed E-state index contributed by atoms with van der Waals surface area (Å²) in [6.45, 7) is 0.391. The van der Waals surface area contributed by atoms with Crippen LogP contribution in [0.15, 0.2) is 48.5 Å². The lowest BCUT2D eigenvalue weighted by Gasteiger charge is -2.05. The molecule has 17 heavy (non-hydrogen) atoms. The number of hydrogen-bond acceptors (Lipinski definition) is 3. The largest absolute Gasteiger partial charge is 0.489 e. The van der Waals surface area contributed by atoms with Crippen LogP contribution >= 0.6 is 0 Å². The Kier molecular flexibility index (Phi) is 3.35. The highest BCUT2D eigenvalue weighted by Crippen LogP contribution is 2.19. The first-order valence-electron chi connectivity index (χ1n) is 5.08. The molecule has 0 aromatic heterocycles. The molecule has 0 amide bonds. The zero-order valence-electron chi connectivity index (χ0n) is 9.00. The zero-order valence-corrected chi connectivity index (χ0v) is 9.00. The van der Waals surface area contributed by atoms with Crippen molar-refractivity contribution < 1.29 is 9.66 Å². The van der Waals surface area contributed by atoms with Crippen LogP contribution in [0.4, 0.5) is 5.69 Å². The van der Waals surface area contributed by atoms with Crippen LogP contribution in [0.3, 0.4) is 0 Å². The number of hydrogen-bond donors (Lipinski definition) is 0. The second-order valence-corrected chi connectivity index (χ2v) is 3.44. The third-order valence-corrected chi connectivity index (χ3v) is 2.20. The molecule has 0 heterocycles. The maximum absolute atomic E-state index is 10.5. The minimum absolute atomic E-state index is 0.0874. The fraction of sp³-hybridized carbons (Fsp3) is 0.0769. The van der Waals surface area contributed by atoms with Gasteiger partial charge in [-0.15, -0.1) is 0 Å². The normalized spacial score (nSPS) is 9.88. The Balaban J connectivity index is 2.04. The van der Waals surface area contributed by atoms with Gasteiger partial charge in [0.1, 0.15) is 12.4 Å². The number of non-ortho nitro benzene ring substituents is 1. The van der Waals surface area contributed by atoms with Crippen LogP contribution in [0.1, 0.15) is 5.56 Å². The van der Waals surface area contributed by atoms with E-state index in [-0.39, 0.29) is 5.69 Å². The average molecular weight is 228 g/mol. The molecule has 1 radical (unpaired) electrons. The first-order valence-corrected chi connectivity index (χ1v) is 5.08. The van der Waals surface area contributed by atoms with Crippen LogP contribution in [0, 0.1) is 16.2 Å². The van der Waals surface area contributed by atoms with Gasteiger partial charge >= 0.3 is 0 Å². The van der Waals surface area contributed by atoms with Gasteiger partial charge in [0.05, 0.1) is 17.1 Å². The number of nitrogens with zero attached hydrogens (tertiary/aromatic N) is 1. The SMILES string of the molecule is O=[N+]([O-])c1[c]ccc(OCc2ccccc2)c1. The average Bonchev–Trinajstić information content (AvgIpc) is 2.38. The van der Waals surface area contributed by atoms with Crippen LogP contribution in [0.5, 0.6) is 5.75 Å². The van der Waals surface area contributed by atoms with Crippen molar-refractivity contribution in [1.29, 1.82) is 0 Å². The minimum Gasteiger partial charge on any atom is -0.489 e. The Morgan fingerprint density at radius 3 is 2.71 bits per heavy atom. The van der Waals surface area contributed by atoms with Gasteiger partial charge in [-0.3, -0.25) is 10.1 Å². The summed E-state index contributed by atoms with van der Waals surface area (Å²) < 4.78 is 5.46. The summed E-state index contributed by atoms with van der Waals surface area (Å²) in [4.78, 5) is 10.1. The maximum atomic E-state index is 10.5. The number of nitro benzene ring substituents is 1. The third-order valence-electron chi connectivity index (χ3n) is 2.20. The van der Waals surface area contributed by atoms with Gasteiger partial charge in [0, 0.05) is 0 Å². The highest BCUT2D eigenvalue weighted by atomic mass is 16.6. The molecule has 0 aliphatic rings. The number of rotatable bonds is 4. The molecule has 4 heteroatoms. The van der Waals surface area contributed by atoms with Crippen molar-refractivity contribution in [3.63, 3.8) is 0 Å². The van der Waals surface area contributed by atoms with E-state index < -0.39 is 4.92 Å². The second-order valence-electron chi connectivity index (χ2n) is 3.44. The molecule has 0 fully saturated rings. The van der Waals surface area contributed by atoms with E-state index in [1.54, 1.807) is 6.07 Å². The standard InChI is InChI=1S/C13H10NO3/c15-14(16)12-7-4-8-13(9-12)17-10-11-5-2-1-3-6-11/h1-6,8-9H,10H2. The first-order chi connectivity index (χ1) is 8.25. The Morgan fingerprint density at radius 2 is 2.00 bits per heavy atom. The molecular formula is C13H10NO3. The van der Waals surface area contributed by atoms with Crippen molar-refractivity contribution in [3.8, 4) is 5.75 Å². The van der Waals surface area contributed by atoms with Gasteiger partial charge in [-0.25, -0.2) is 0 Å². The van der Waals surface area contributed by atoms with Crippen LogP contribution in [0.25, 0.3) is 0 Å². The number of benzene rings is 2. The van der Waals surface area contributed by atoms with Crippen molar-refractivity contribution in [2.45, 2.75) is 6.61 Å². The van der Waals surface area contributed by atoms with E-state index in [9.17, 15) is 10.1 Å². The first kappa shape index (κ1) is 11.1. The van der Waals surface area contributed by atoms with Gasteiger partial charge in [-0.1, -0.05) is 30.3 Å². The van der Waals surface area contributed by atoms with Gasteiger partial charge in [0.15, 0.2) is 0 Å². The van der Waals surface area contributed by atoms with E-state index in [1.807, 2.05) is 30.3 Å². The lowest BCUT2D eigenvalue weighted by molar-refractivity contribution is -0.385. The predicted octanol–water partition coefficient (Wildman–Crippen LogP) is 2.97. The van der Waals surface area contributed by atoms with E-state index in [4.69, 9.17) is 4.74 Å². The molecule has 0 aliphatic carbocycles. The fourth-order valence-corrected chi connectivity index (χ4v) is 1.37. The van der Waals surface area contributed by atoms with Crippen LogP contribution in [0.2, 0.25) is 0 Å². The van der Waals surface area contributed by atoms with Gasteiger partial charge in [-0.2, -0.15) is 0 Å². The molecule has 85 valence electrons. The zero-order chi connectivity index (χ0) is 12.1. The lowest BCUT2D eigenvalue weighted by Crippen LogP contribution is -1.96. The van der Waals surface area contributed by atoms with E-state index in [2.05, 4.69) is 6.07 Å². The Labute approximate surface area is 98.6 Å². The molecule has 0 unspecified atom stereocenters. The monoisotopic (exact) mass is 228 g/mol. The van der Waals surface area contributed by atoms with Gasteiger partial charge in [0.25, 0.3) is 5.69 Å². The van der Waals surface area contributed by atoms with Gasteiger partial charge < -0.3 is 4.74 Å². The molecule has 2 rings (SSSR count). The highest BCUT2D eigenvalue weighted by molar-refractivity contribution is 5.37. The van der Waals surface area contributed by atoms with Crippen molar-refractivity contribution in [2.24, 2.45) is 0 Å². The molecule has 0 aliphatic heterocycles. The van der Waals surface area contributed by atoms with Crippen molar-refractivity contribution in [1.82, 2.24) is 0 Å². The highest BCUT2D eigenvalue weighted by Gasteiger charge is 2.06. The molecule has 0 N–H and O–H groups in total. The third kappa shape index (κ3) is 3.04. The topological polar surface area (TPSA) is 52.4 Å².